The molecule has 0 aliphatic carbocycles. The molecular weight excluding hydrogens is 328 g/mol. The average Bonchev–Trinajstić information content (AvgIpc) is 2.39. The van der Waals surface area contributed by atoms with Crippen molar-refractivity contribution in [2.24, 2.45) is 0 Å². The van der Waals surface area contributed by atoms with Gasteiger partial charge in [0.1, 0.15) is 24.0 Å². The van der Waals surface area contributed by atoms with Crippen molar-refractivity contribution >= 4 is 15.9 Å². The number of hydrogen-bond acceptors (Lipinski definition) is 2. The fraction of sp³-hybridized carbons (Fsp3) is 0.200. The number of halogens is 3. The van der Waals surface area contributed by atoms with E-state index in [-0.39, 0.29) is 6.61 Å². The Morgan fingerprint density at radius 3 is 2.45 bits per heavy atom. The molecule has 2 aromatic carbocycles. The minimum atomic E-state index is -0.602. The quantitative estimate of drug-likeness (QED) is 0.886. The Balaban J connectivity index is 2.08. The van der Waals surface area contributed by atoms with Crippen LogP contribution in [0.1, 0.15) is 11.1 Å². The molecule has 0 unspecified atom stereocenters. The third kappa shape index (κ3) is 4.02. The summed E-state index contributed by atoms with van der Waals surface area (Å²) in [6.07, 6.45) is 0. The van der Waals surface area contributed by atoms with Crippen molar-refractivity contribution in [1.29, 1.82) is 0 Å². The van der Waals surface area contributed by atoms with Gasteiger partial charge >= 0.3 is 0 Å². The maximum absolute atomic E-state index is 13.1. The van der Waals surface area contributed by atoms with Crippen molar-refractivity contribution in [1.82, 2.24) is 5.32 Å². The largest absolute Gasteiger partial charge is 0.489 e. The van der Waals surface area contributed by atoms with E-state index in [1.165, 1.54) is 12.1 Å². The predicted molar refractivity (Wildman–Crippen MR) is 77.6 cm³/mol. The summed E-state index contributed by atoms with van der Waals surface area (Å²) in [4.78, 5) is 0. The monoisotopic (exact) mass is 341 g/mol. The highest BCUT2D eigenvalue weighted by Gasteiger charge is 2.04. The molecule has 5 heteroatoms. The second-order valence-electron chi connectivity index (χ2n) is 4.35. The van der Waals surface area contributed by atoms with E-state index in [2.05, 4.69) is 21.2 Å². The van der Waals surface area contributed by atoms with Crippen molar-refractivity contribution in [3.63, 3.8) is 0 Å². The van der Waals surface area contributed by atoms with Crippen LogP contribution in [0.15, 0.2) is 40.9 Å². The van der Waals surface area contributed by atoms with E-state index in [0.717, 1.165) is 16.1 Å². The van der Waals surface area contributed by atoms with Crippen LogP contribution in [0.2, 0.25) is 0 Å². The lowest BCUT2D eigenvalue weighted by Gasteiger charge is -2.10. The summed E-state index contributed by atoms with van der Waals surface area (Å²) in [6, 6.07) is 8.93. The summed E-state index contributed by atoms with van der Waals surface area (Å²) in [6.45, 7) is 0.821. The first-order valence-electron chi connectivity index (χ1n) is 6.09. The van der Waals surface area contributed by atoms with Crippen LogP contribution < -0.4 is 10.1 Å². The summed E-state index contributed by atoms with van der Waals surface area (Å²) in [5.74, 6) is -0.548. The molecule has 0 fully saturated rings. The Bertz CT molecular complexity index is 584. The van der Waals surface area contributed by atoms with E-state index in [4.69, 9.17) is 4.74 Å². The zero-order valence-corrected chi connectivity index (χ0v) is 12.5. The van der Waals surface area contributed by atoms with Gasteiger partial charge in [0.2, 0.25) is 0 Å². The molecule has 0 saturated carbocycles. The summed E-state index contributed by atoms with van der Waals surface area (Å²) in [5.41, 5.74) is 1.51. The number of nitrogens with one attached hydrogen (secondary N) is 1. The molecule has 0 aliphatic rings. The van der Waals surface area contributed by atoms with Crippen LogP contribution in [0.5, 0.6) is 5.75 Å². The van der Waals surface area contributed by atoms with Gasteiger partial charge in [-0.2, -0.15) is 0 Å². The van der Waals surface area contributed by atoms with E-state index in [9.17, 15) is 8.78 Å². The summed E-state index contributed by atoms with van der Waals surface area (Å²) < 4.78 is 32.7. The molecule has 0 spiro atoms. The number of rotatable bonds is 5. The third-order valence-corrected chi connectivity index (χ3v) is 3.49. The van der Waals surface area contributed by atoms with Gasteiger partial charge in [0.25, 0.3) is 0 Å². The number of ether oxygens (including phenoxy) is 1. The Kier molecular flexibility index (Phi) is 5.09. The van der Waals surface area contributed by atoms with Gasteiger partial charge < -0.3 is 10.1 Å². The van der Waals surface area contributed by atoms with Gasteiger partial charge in [-0.15, -0.1) is 0 Å². The molecule has 0 aromatic heterocycles. The summed E-state index contributed by atoms with van der Waals surface area (Å²) in [5, 5.41) is 3.06. The first kappa shape index (κ1) is 14.9. The van der Waals surface area contributed by atoms with Crippen molar-refractivity contribution in [2.75, 3.05) is 7.05 Å². The standard InChI is InChI=1S/C15H14BrF2NO/c1-19-8-11-6-14(2-3-15(11)16)20-9-10-4-12(17)7-13(18)5-10/h2-7,19H,8-9H2,1H3. The fourth-order valence-corrected chi connectivity index (χ4v) is 2.21. The minimum absolute atomic E-state index is 0.120. The molecular formula is C15H14BrF2NO. The predicted octanol–water partition coefficient (Wildman–Crippen LogP) is 4.03. The van der Waals surface area contributed by atoms with Gasteiger partial charge in [-0.25, -0.2) is 8.78 Å². The Labute approximate surface area is 124 Å². The van der Waals surface area contributed by atoms with Crippen molar-refractivity contribution < 1.29 is 13.5 Å². The van der Waals surface area contributed by atoms with Gasteiger partial charge in [0, 0.05) is 17.1 Å². The molecule has 0 amide bonds. The highest BCUT2D eigenvalue weighted by Crippen LogP contribution is 2.23. The molecule has 2 nitrogen and oxygen atoms in total. The topological polar surface area (TPSA) is 21.3 Å². The smallest absolute Gasteiger partial charge is 0.126 e. The molecule has 0 saturated heterocycles. The Morgan fingerprint density at radius 2 is 1.80 bits per heavy atom. The minimum Gasteiger partial charge on any atom is -0.489 e. The van der Waals surface area contributed by atoms with Crippen LogP contribution in [0.4, 0.5) is 8.78 Å². The fourth-order valence-electron chi connectivity index (χ4n) is 1.83. The van der Waals surface area contributed by atoms with Crippen molar-refractivity contribution in [2.45, 2.75) is 13.2 Å². The van der Waals surface area contributed by atoms with E-state index in [1.807, 2.05) is 19.2 Å². The van der Waals surface area contributed by atoms with Gasteiger partial charge in [-0.1, -0.05) is 15.9 Å². The normalized spacial score (nSPS) is 10.6. The van der Waals surface area contributed by atoms with Crippen molar-refractivity contribution in [3.05, 3.63) is 63.6 Å². The lowest BCUT2D eigenvalue weighted by molar-refractivity contribution is 0.304. The second-order valence-corrected chi connectivity index (χ2v) is 5.20. The molecule has 0 bridgehead atoms. The van der Waals surface area contributed by atoms with Crippen LogP contribution in [0, 0.1) is 11.6 Å². The molecule has 0 aliphatic heterocycles. The van der Waals surface area contributed by atoms with Gasteiger partial charge in [-0.05, 0) is 48.5 Å². The van der Waals surface area contributed by atoms with Gasteiger partial charge in [0.05, 0.1) is 0 Å². The maximum Gasteiger partial charge on any atom is 0.126 e. The highest BCUT2D eigenvalue weighted by atomic mass is 79.9. The molecule has 2 rings (SSSR count). The number of hydrogen-bond donors (Lipinski definition) is 1. The molecule has 0 radical (unpaired) electrons. The first-order chi connectivity index (χ1) is 9.58. The van der Waals surface area contributed by atoms with Gasteiger partial charge in [0.15, 0.2) is 0 Å². The van der Waals surface area contributed by atoms with Crippen LogP contribution in [-0.4, -0.2) is 7.05 Å². The molecule has 0 heterocycles. The zero-order chi connectivity index (χ0) is 14.5. The average molecular weight is 342 g/mol. The summed E-state index contributed by atoms with van der Waals surface area (Å²) in [7, 11) is 1.86. The van der Waals surface area contributed by atoms with E-state index in [1.54, 1.807) is 6.07 Å². The summed E-state index contributed by atoms with van der Waals surface area (Å²) >= 11 is 3.45. The zero-order valence-electron chi connectivity index (χ0n) is 10.9. The third-order valence-electron chi connectivity index (χ3n) is 2.71. The highest BCUT2D eigenvalue weighted by molar-refractivity contribution is 9.10. The molecule has 0 atom stereocenters. The molecule has 1 N–H and O–H groups in total. The Hall–Kier alpha value is -1.46. The van der Waals surface area contributed by atoms with Crippen molar-refractivity contribution in [3.8, 4) is 5.75 Å². The maximum atomic E-state index is 13.1. The molecule has 20 heavy (non-hydrogen) atoms. The second kappa shape index (κ2) is 6.81. The van der Waals surface area contributed by atoms with Crippen LogP contribution in [0.3, 0.4) is 0 Å². The molecule has 2 aromatic rings. The molecule has 106 valence electrons. The van der Waals surface area contributed by atoms with Crippen LogP contribution >= 0.6 is 15.9 Å². The van der Waals surface area contributed by atoms with E-state index in [0.29, 0.717) is 17.9 Å². The van der Waals surface area contributed by atoms with E-state index < -0.39 is 11.6 Å². The lowest BCUT2D eigenvalue weighted by Crippen LogP contribution is -2.06. The first-order valence-corrected chi connectivity index (χ1v) is 6.88. The van der Waals surface area contributed by atoms with Crippen LogP contribution in [-0.2, 0) is 13.2 Å². The number of benzene rings is 2. The van der Waals surface area contributed by atoms with E-state index >= 15 is 0 Å². The SMILES string of the molecule is CNCc1cc(OCc2cc(F)cc(F)c2)ccc1Br. The lowest BCUT2D eigenvalue weighted by atomic mass is 10.2. The Morgan fingerprint density at radius 1 is 1.10 bits per heavy atom. The van der Waals surface area contributed by atoms with Crippen LogP contribution in [0.25, 0.3) is 0 Å². The van der Waals surface area contributed by atoms with Gasteiger partial charge in [-0.3, -0.25) is 0 Å².